The van der Waals surface area contributed by atoms with E-state index < -0.39 is 6.04 Å². The molecule has 0 radical (unpaired) electrons. The summed E-state index contributed by atoms with van der Waals surface area (Å²) < 4.78 is 0. The number of nitrogens with zero attached hydrogens (tertiary/aromatic N) is 1. The average Bonchev–Trinajstić information content (AvgIpc) is 3.05. The van der Waals surface area contributed by atoms with Gasteiger partial charge in [0.05, 0.1) is 17.5 Å². The summed E-state index contributed by atoms with van der Waals surface area (Å²) in [4.78, 5) is 31.7. The van der Waals surface area contributed by atoms with Gasteiger partial charge in [0.1, 0.15) is 11.6 Å². The molecule has 3 rings (SSSR count). The van der Waals surface area contributed by atoms with Crippen molar-refractivity contribution in [2.75, 3.05) is 5.32 Å². The van der Waals surface area contributed by atoms with Crippen LogP contribution in [0.4, 0.5) is 5.69 Å². The van der Waals surface area contributed by atoms with Crippen molar-refractivity contribution in [2.24, 2.45) is 5.92 Å². The molecule has 1 atom stereocenters. The Kier molecular flexibility index (Phi) is 5.13. The van der Waals surface area contributed by atoms with Gasteiger partial charge in [-0.05, 0) is 37.8 Å². The zero-order chi connectivity index (χ0) is 16.9. The van der Waals surface area contributed by atoms with Crippen molar-refractivity contribution < 1.29 is 9.59 Å². The van der Waals surface area contributed by atoms with E-state index >= 15 is 0 Å². The number of carbonyl (C=O) groups is 2. The number of aromatic nitrogens is 2. The number of hydrogen-bond donors (Lipinski definition) is 3. The van der Waals surface area contributed by atoms with Gasteiger partial charge in [0.25, 0.3) is 0 Å². The topological polar surface area (TPSA) is 86.9 Å². The largest absolute Gasteiger partial charge is 0.345 e. The monoisotopic (exact) mass is 328 g/mol. The van der Waals surface area contributed by atoms with Gasteiger partial charge in [-0.2, -0.15) is 0 Å². The van der Waals surface area contributed by atoms with E-state index in [0.29, 0.717) is 23.5 Å². The highest BCUT2D eigenvalue weighted by Crippen LogP contribution is 2.26. The molecular weight excluding hydrogens is 304 g/mol. The van der Waals surface area contributed by atoms with Gasteiger partial charge >= 0.3 is 0 Å². The van der Waals surface area contributed by atoms with Gasteiger partial charge < -0.3 is 15.6 Å². The lowest BCUT2D eigenvalue weighted by Crippen LogP contribution is -2.42. The Balaban J connectivity index is 1.54. The molecule has 1 aliphatic rings. The van der Waals surface area contributed by atoms with Crippen molar-refractivity contribution in [2.45, 2.75) is 51.5 Å². The summed E-state index contributed by atoms with van der Waals surface area (Å²) in [7, 11) is 0. The second-order valence-corrected chi connectivity index (χ2v) is 6.59. The van der Waals surface area contributed by atoms with Gasteiger partial charge in [0, 0.05) is 6.42 Å². The van der Waals surface area contributed by atoms with E-state index in [1.807, 2.05) is 12.1 Å². The molecule has 1 aromatic carbocycles. The van der Waals surface area contributed by atoms with E-state index in [1.54, 1.807) is 19.3 Å². The lowest BCUT2D eigenvalue weighted by molar-refractivity contribution is -0.126. The van der Waals surface area contributed by atoms with Crippen molar-refractivity contribution in [3.05, 3.63) is 24.5 Å². The highest BCUT2D eigenvalue weighted by atomic mass is 16.2. The second kappa shape index (κ2) is 7.47. The van der Waals surface area contributed by atoms with Crippen molar-refractivity contribution in [1.29, 1.82) is 0 Å². The molecule has 2 aromatic rings. The summed E-state index contributed by atoms with van der Waals surface area (Å²) in [5, 5.41) is 5.65. The van der Waals surface area contributed by atoms with E-state index in [-0.39, 0.29) is 11.8 Å². The van der Waals surface area contributed by atoms with E-state index in [1.165, 1.54) is 19.3 Å². The Morgan fingerprint density at radius 3 is 2.88 bits per heavy atom. The Morgan fingerprint density at radius 1 is 1.29 bits per heavy atom. The predicted octanol–water partition coefficient (Wildman–Crippen LogP) is 2.98. The fourth-order valence-electron chi connectivity index (χ4n) is 3.33. The standard InChI is InChI=1S/C18H24N4O2/c1-12(21-16(23)10-13-6-3-2-4-7-13)18(24)22-15-9-5-8-14-17(15)20-11-19-14/h5,8-9,11-13H,2-4,6-7,10H2,1H3,(H,19,20)(H,21,23)(H,22,24)/t12-/m0/s1. The Hall–Kier alpha value is -2.37. The molecule has 24 heavy (non-hydrogen) atoms. The number of aromatic amines is 1. The quantitative estimate of drug-likeness (QED) is 0.788. The summed E-state index contributed by atoms with van der Waals surface area (Å²) in [5.74, 6) is 0.192. The molecule has 1 saturated carbocycles. The fourth-order valence-corrected chi connectivity index (χ4v) is 3.33. The molecule has 1 fully saturated rings. The van der Waals surface area contributed by atoms with Gasteiger partial charge in [0.15, 0.2) is 0 Å². The van der Waals surface area contributed by atoms with Crippen molar-refractivity contribution in [3.8, 4) is 0 Å². The molecule has 1 heterocycles. The maximum Gasteiger partial charge on any atom is 0.246 e. The molecule has 0 saturated heterocycles. The number of hydrogen-bond acceptors (Lipinski definition) is 3. The predicted molar refractivity (Wildman–Crippen MR) is 93.5 cm³/mol. The first-order valence-corrected chi connectivity index (χ1v) is 8.66. The molecule has 6 nitrogen and oxygen atoms in total. The Bertz CT molecular complexity index is 719. The van der Waals surface area contributed by atoms with Gasteiger partial charge in [-0.15, -0.1) is 0 Å². The molecule has 0 bridgehead atoms. The summed E-state index contributed by atoms with van der Waals surface area (Å²) in [6.07, 6.45) is 8.05. The first-order chi connectivity index (χ1) is 11.6. The maximum atomic E-state index is 12.3. The molecule has 6 heteroatoms. The van der Waals surface area contributed by atoms with Gasteiger partial charge in [-0.1, -0.05) is 25.3 Å². The van der Waals surface area contributed by atoms with Crippen LogP contribution in [0.25, 0.3) is 11.0 Å². The number of anilines is 1. The lowest BCUT2D eigenvalue weighted by atomic mass is 9.87. The molecule has 1 aliphatic carbocycles. The zero-order valence-corrected chi connectivity index (χ0v) is 14.0. The number of carbonyl (C=O) groups excluding carboxylic acids is 2. The summed E-state index contributed by atoms with van der Waals surface area (Å²) in [5.41, 5.74) is 2.22. The van der Waals surface area contributed by atoms with Gasteiger partial charge in [-0.25, -0.2) is 4.98 Å². The van der Waals surface area contributed by atoms with E-state index in [4.69, 9.17) is 0 Å². The fraction of sp³-hybridized carbons (Fsp3) is 0.500. The van der Waals surface area contributed by atoms with Crippen LogP contribution < -0.4 is 10.6 Å². The first-order valence-electron chi connectivity index (χ1n) is 8.66. The minimum absolute atomic E-state index is 0.0393. The van der Waals surface area contributed by atoms with E-state index in [2.05, 4.69) is 20.6 Å². The number of amides is 2. The molecule has 3 N–H and O–H groups in total. The third-order valence-electron chi connectivity index (χ3n) is 4.68. The number of benzene rings is 1. The summed E-state index contributed by atoms with van der Waals surface area (Å²) in [6, 6.07) is 4.98. The number of rotatable bonds is 5. The van der Waals surface area contributed by atoms with Crippen LogP contribution >= 0.6 is 0 Å². The van der Waals surface area contributed by atoms with Crippen molar-refractivity contribution in [1.82, 2.24) is 15.3 Å². The number of para-hydroxylation sites is 1. The third-order valence-corrected chi connectivity index (χ3v) is 4.68. The molecule has 0 spiro atoms. The van der Waals surface area contributed by atoms with Crippen molar-refractivity contribution >= 4 is 28.5 Å². The molecule has 0 aliphatic heterocycles. The molecule has 128 valence electrons. The van der Waals surface area contributed by atoms with Crippen LogP contribution in [0.1, 0.15) is 45.4 Å². The first kappa shape index (κ1) is 16.5. The van der Waals surface area contributed by atoms with Gasteiger partial charge in [0.2, 0.25) is 11.8 Å². The van der Waals surface area contributed by atoms with Crippen LogP contribution in [-0.2, 0) is 9.59 Å². The maximum absolute atomic E-state index is 12.3. The van der Waals surface area contributed by atoms with Crippen LogP contribution in [0.15, 0.2) is 24.5 Å². The zero-order valence-electron chi connectivity index (χ0n) is 14.0. The normalized spacial score (nSPS) is 16.7. The van der Waals surface area contributed by atoms with Crippen molar-refractivity contribution in [3.63, 3.8) is 0 Å². The molecule has 1 aromatic heterocycles. The number of imidazole rings is 1. The highest BCUT2D eigenvalue weighted by Gasteiger charge is 2.21. The molecular formula is C18H24N4O2. The van der Waals surface area contributed by atoms with E-state index in [0.717, 1.165) is 18.4 Å². The third kappa shape index (κ3) is 3.93. The van der Waals surface area contributed by atoms with Crippen LogP contribution in [0.5, 0.6) is 0 Å². The minimum Gasteiger partial charge on any atom is -0.345 e. The smallest absolute Gasteiger partial charge is 0.246 e. The summed E-state index contributed by atoms with van der Waals surface area (Å²) >= 11 is 0. The van der Waals surface area contributed by atoms with Crippen LogP contribution in [0.3, 0.4) is 0 Å². The van der Waals surface area contributed by atoms with Crippen LogP contribution in [0.2, 0.25) is 0 Å². The minimum atomic E-state index is -0.574. The lowest BCUT2D eigenvalue weighted by Gasteiger charge is -2.22. The summed E-state index contributed by atoms with van der Waals surface area (Å²) in [6.45, 7) is 1.71. The number of fused-ring (bicyclic) bond motifs is 1. The second-order valence-electron chi connectivity index (χ2n) is 6.59. The Labute approximate surface area is 141 Å². The SMILES string of the molecule is C[C@H](NC(=O)CC1CCCCC1)C(=O)Nc1cccc2[nH]cnc12. The average molecular weight is 328 g/mol. The molecule has 0 unspecified atom stereocenters. The number of H-pyrrole nitrogens is 1. The van der Waals surface area contributed by atoms with Crippen LogP contribution in [0, 0.1) is 5.92 Å². The van der Waals surface area contributed by atoms with Gasteiger partial charge in [-0.3, -0.25) is 9.59 Å². The number of nitrogens with one attached hydrogen (secondary N) is 3. The highest BCUT2D eigenvalue weighted by molar-refractivity contribution is 6.02. The van der Waals surface area contributed by atoms with E-state index in [9.17, 15) is 9.59 Å². The molecule has 2 amide bonds. The Morgan fingerprint density at radius 2 is 2.08 bits per heavy atom. The van der Waals surface area contributed by atoms with Crippen LogP contribution in [-0.4, -0.2) is 27.8 Å².